The van der Waals surface area contributed by atoms with Gasteiger partial charge in [-0.3, -0.25) is 0 Å². The molecule has 1 aliphatic rings. The van der Waals surface area contributed by atoms with Gasteiger partial charge < -0.3 is 4.90 Å². The van der Waals surface area contributed by atoms with Crippen molar-refractivity contribution in [3.8, 4) is 0 Å². The molecule has 1 aromatic rings. The minimum absolute atomic E-state index is 0.895. The molecule has 1 aromatic carbocycles. The molecule has 2 rings (SSSR count). The van der Waals surface area contributed by atoms with Gasteiger partial charge in [-0.25, -0.2) is 0 Å². The molecule has 0 N–H and O–H groups in total. The highest BCUT2D eigenvalue weighted by atomic mass is 15.1. The average Bonchev–Trinajstić information content (AvgIpc) is 2.44. The van der Waals surface area contributed by atoms with Crippen LogP contribution >= 0.6 is 0 Å². The molecule has 0 aromatic heterocycles. The van der Waals surface area contributed by atoms with Crippen LogP contribution in [0.2, 0.25) is 0 Å². The summed E-state index contributed by atoms with van der Waals surface area (Å²) < 4.78 is 0. The lowest BCUT2D eigenvalue weighted by molar-refractivity contribution is 0.341. The molecule has 1 aliphatic heterocycles. The van der Waals surface area contributed by atoms with Gasteiger partial charge in [0.2, 0.25) is 0 Å². The second kappa shape index (κ2) is 5.49. The highest BCUT2D eigenvalue weighted by molar-refractivity contribution is 5.22. The van der Waals surface area contributed by atoms with Crippen LogP contribution in [0.25, 0.3) is 0 Å². The Morgan fingerprint density at radius 1 is 1.25 bits per heavy atom. The number of aryl methyl sites for hydroxylation is 1. The summed E-state index contributed by atoms with van der Waals surface area (Å²) in [4.78, 5) is 2.47. The van der Waals surface area contributed by atoms with E-state index in [1.807, 2.05) is 0 Å². The van der Waals surface area contributed by atoms with Crippen molar-refractivity contribution in [2.45, 2.75) is 32.6 Å². The van der Waals surface area contributed by atoms with E-state index in [2.05, 4.69) is 43.1 Å². The van der Waals surface area contributed by atoms with Crippen LogP contribution in [0.3, 0.4) is 0 Å². The predicted octanol–water partition coefficient (Wildman–Crippen LogP) is 3.27. The van der Waals surface area contributed by atoms with E-state index in [1.165, 1.54) is 49.9 Å². The Hall–Kier alpha value is -0.820. The zero-order chi connectivity index (χ0) is 11.4. The van der Waals surface area contributed by atoms with Crippen LogP contribution in [0.5, 0.6) is 0 Å². The maximum absolute atomic E-state index is 2.47. The van der Waals surface area contributed by atoms with Gasteiger partial charge in [0.15, 0.2) is 0 Å². The molecule has 0 spiro atoms. The molecule has 0 bridgehead atoms. The normalized spacial score (nSPS) is 23.0. The maximum Gasteiger partial charge on any atom is -0.00190 e. The Labute approximate surface area is 99.5 Å². The first kappa shape index (κ1) is 11.7. The smallest absolute Gasteiger partial charge is 0.00190 e. The Kier molecular flexibility index (Phi) is 4.00. The van der Waals surface area contributed by atoms with Crippen molar-refractivity contribution in [3.05, 3.63) is 35.4 Å². The third-order valence-corrected chi connectivity index (χ3v) is 3.68. The van der Waals surface area contributed by atoms with Crippen molar-refractivity contribution >= 4 is 0 Å². The second-order valence-electron chi connectivity index (χ2n) is 5.29. The number of nitrogens with zero attached hydrogens (tertiary/aromatic N) is 1. The fraction of sp³-hybridized carbons (Fsp3) is 0.600. The van der Waals surface area contributed by atoms with Gasteiger partial charge in [0, 0.05) is 0 Å². The molecule has 1 heteroatoms. The van der Waals surface area contributed by atoms with Crippen LogP contribution in [0.15, 0.2) is 24.3 Å². The Morgan fingerprint density at radius 2 is 2.12 bits per heavy atom. The van der Waals surface area contributed by atoms with Gasteiger partial charge in [0.05, 0.1) is 0 Å². The monoisotopic (exact) mass is 217 g/mol. The molecule has 0 amide bonds. The fourth-order valence-corrected chi connectivity index (χ4v) is 2.69. The van der Waals surface area contributed by atoms with Gasteiger partial charge in [-0.1, -0.05) is 29.8 Å². The Balaban J connectivity index is 1.93. The van der Waals surface area contributed by atoms with Crippen molar-refractivity contribution in [2.24, 2.45) is 5.92 Å². The lowest BCUT2D eigenvalue weighted by atomic mass is 9.92. The summed E-state index contributed by atoms with van der Waals surface area (Å²) in [6, 6.07) is 8.99. The average molecular weight is 217 g/mol. The molecule has 0 saturated carbocycles. The van der Waals surface area contributed by atoms with Crippen LogP contribution in [-0.4, -0.2) is 25.0 Å². The molecule has 1 atom stereocenters. The van der Waals surface area contributed by atoms with Gasteiger partial charge in [-0.15, -0.1) is 0 Å². The van der Waals surface area contributed by atoms with Crippen molar-refractivity contribution in [3.63, 3.8) is 0 Å². The first-order chi connectivity index (χ1) is 7.74. The molecule has 1 unspecified atom stereocenters. The van der Waals surface area contributed by atoms with E-state index in [-0.39, 0.29) is 0 Å². The van der Waals surface area contributed by atoms with Crippen LogP contribution in [0.1, 0.15) is 30.4 Å². The molecule has 0 radical (unpaired) electrons. The molecule has 88 valence electrons. The molecule has 1 saturated heterocycles. The lowest BCUT2D eigenvalue weighted by Gasteiger charge is -2.15. The van der Waals surface area contributed by atoms with E-state index in [0.29, 0.717) is 0 Å². The minimum Gasteiger partial charge on any atom is -0.306 e. The largest absolute Gasteiger partial charge is 0.306 e. The summed E-state index contributed by atoms with van der Waals surface area (Å²) in [7, 11) is 2.25. The molecule has 1 nitrogen and oxygen atoms in total. The number of benzene rings is 1. The van der Waals surface area contributed by atoms with E-state index in [1.54, 1.807) is 0 Å². The third-order valence-electron chi connectivity index (χ3n) is 3.68. The van der Waals surface area contributed by atoms with Crippen LogP contribution in [0.4, 0.5) is 0 Å². The summed E-state index contributed by atoms with van der Waals surface area (Å²) >= 11 is 0. The molecular formula is C15H23N. The van der Waals surface area contributed by atoms with Gasteiger partial charge in [-0.2, -0.15) is 0 Å². The first-order valence-electron chi connectivity index (χ1n) is 6.48. The number of hydrogen-bond acceptors (Lipinski definition) is 1. The molecule has 0 aliphatic carbocycles. The van der Waals surface area contributed by atoms with Gasteiger partial charge in [-0.05, 0) is 64.2 Å². The lowest BCUT2D eigenvalue weighted by Crippen LogP contribution is -2.19. The zero-order valence-corrected chi connectivity index (χ0v) is 10.6. The quantitative estimate of drug-likeness (QED) is 0.735. The van der Waals surface area contributed by atoms with Crippen LogP contribution < -0.4 is 0 Å². The molecular weight excluding hydrogens is 194 g/mol. The third kappa shape index (κ3) is 3.34. The highest BCUT2D eigenvalue weighted by Gasteiger charge is 2.14. The number of hydrogen-bond donors (Lipinski definition) is 0. The van der Waals surface area contributed by atoms with E-state index in [0.717, 1.165) is 5.92 Å². The van der Waals surface area contributed by atoms with Crippen molar-refractivity contribution < 1.29 is 0 Å². The van der Waals surface area contributed by atoms with Crippen molar-refractivity contribution in [1.82, 2.24) is 4.90 Å². The summed E-state index contributed by atoms with van der Waals surface area (Å²) in [6.07, 6.45) is 5.41. The SMILES string of the molecule is Cc1cccc(CC2CCCN(C)CC2)c1. The summed E-state index contributed by atoms with van der Waals surface area (Å²) in [5.74, 6) is 0.895. The predicted molar refractivity (Wildman–Crippen MR) is 69.7 cm³/mol. The number of rotatable bonds is 2. The summed E-state index contributed by atoms with van der Waals surface area (Å²) in [6.45, 7) is 4.74. The topological polar surface area (TPSA) is 3.24 Å². The number of likely N-dealkylation sites (tertiary alicyclic amines) is 1. The molecule has 1 heterocycles. The van der Waals surface area contributed by atoms with Gasteiger partial charge >= 0.3 is 0 Å². The standard InChI is InChI=1S/C15H23N/c1-13-5-3-6-15(11-13)12-14-7-4-9-16(2)10-8-14/h3,5-6,11,14H,4,7-10,12H2,1-2H3. The van der Waals surface area contributed by atoms with Crippen LogP contribution in [0, 0.1) is 12.8 Å². The Morgan fingerprint density at radius 3 is 2.94 bits per heavy atom. The van der Waals surface area contributed by atoms with E-state index >= 15 is 0 Å². The molecule has 16 heavy (non-hydrogen) atoms. The van der Waals surface area contributed by atoms with Gasteiger partial charge in [0.1, 0.15) is 0 Å². The second-order valence-corrected chi connectivity index (χ2v) is 5.29. The van der Waals surface area contributed by atoms with E-state index in [4.69, 9.17) is 0 Å². The maximum atomic E-state index is 2.47. The Bertz CT molecular complexity index is 332. The van der Waals surface area contributed by atoms with E-state index < -0.39 is 0 Å². The van der Waals surface area contributed by atoms with Crippen molar-refractivity contribution in [1.29, 1.82) is 0 Å². The molecule has 1 fully saturated rings. The van der Waals surface area contributed by atoms with E-state index in [9.17, 15) is 0 Å². The zero-order valence-electron chi connectivity index (χ0n) is 10.6. The first-order valence-corrected chi connectivity index (χ1v) is 6.48. The van der Waals surface area contributed by atoms with Crippen molar-refractivity contribution in [2.75, 3.05) is 20.1 Å². The highest BCUT2D eigenvalue weighted by Crippen LogP contribution is 2.21. The fourth-order valence-electron chi connectivity index (χ4n) is 2.69. The van der Waals surface area contributed by atoms with Gasteiger partial charge in [0.25, 0.3) is 0 Å². The summed E-state index contributed by atoms with van der Waals surface area (Å²) in [5, 5.41) is 0. The summed E-state index contributed by atoms with van der Waals surface area (Å²) in [5.41, 5.74) is 2.91. The van der Waals surface area contributed by atoms with Crippen LogP contribution in [-0.2, 0) is 6.42 Å². The minimum atomic E-state index is 0.895.